The average Bonchev–Trinajstić information content (AvgIpc) is 2.92. The normalized spacial score (nSPS) is 13.3. The number of benzene rings is 3. The van der Waals surface area contributed by atoms with Crippen molar-refractivity contribution in [2.24, 2.45) is 0 Å². The first-order chi connectivity index (χ1) is 17.1. The van der Waals surface area contributed by atoms with E-state index < -0.39 is 0 Å². The van der Waals surface area contributed by atoms with Crippen molar-refractivity contribution in [3.63, 3.8) is 0 Å². The van der Waals surface area contributed by atoms with Gasteiger partial charge >= 0.3 is 0 Å². The molecule has 1 aliphatic rings. The number of anilines is 2. The maximum Gasteiger partial charge on any atom is 0.255 e. The van der Waals surface area contributed by atoms with Crippen molar-refractivity contribution in [2.75, 3.05) is 50.1 Å². The van der Waals surface area contributed by atoms with Crippen molar-refractivity contribution in [2.45, 2.75) is 13.3 Å². The van der Waals surface area contributed by atoms with Crippen molar-refractivity contribution >= 4 is 23.2 Å². The summed E-state index contributed by atoms with van der Waals surface area (Å²) in [5.41, 5.74) is 3.02. The van der Waals surface area contributed by atoms with Gasteiger partial charge in [-0.3, -0.25) is 9.59 Å². The van der Waals surface area contributed by atoms with Crippen LogP contribution >= 0.6 is 0 Å². The maximum absolute atomic E-state index is 12.8. The molecule has 0 aromatic heterocycles. The summed E-state index contributed by atoms with van der Waals surface area (Å²) < 4.78 is 10.8. The van der Waals surface area contributed by atoms with Crippen LogP contribution in [0.25, 0.3) is 0 Å². The van der Waals surface area contributed by atoms with E-state index in [2.05, 4.69) is 10.2 Å². The van der Waals surface area contributed by atoms with Gasteiger partial charge in [0.05, 0.1) is 13.7 Å². The number of piperazine rings is 1. The highest BCUT2D eigenvalue weighted by Gasteiger charge is 2.22. The van der Waals surface area contributed by atoms with Gasteiger partial charge in [0.2, 0.25) is 0 Å². The Morgan fingerprint density at radius 3 is 2.23 bits per heavy atom. The summed E-state index contributed by atoms with van der Waals surface area (Å²) in [5.74, 6) is 1.29. The summed E-state index contributed by atoms with van der Waals surface area (Å²) >= 11 is 0. The molecule has 2 amide bonds. The number of methoxy groups -OCH3 is 1. The van der Waals surface area contributed by atoms with Crippen molar-refractivity contribution in [1.82, 2.24) is 4.90 Å². The van der Waals surface area contributed by atoms with Gasteiger partial charge < -0.3 is 24.6 Å². The fourth-order valence-electron chi connectivity index (χ4n) is 3.99. The Morgan fingerprint density at radius 1 is 0.857 bits per heavy atom. The molecule has 1 fully saturated rings. The number of nitrogens with zero attached hydrogens (tertiary/aromatic N) is 2. The van der Waals surface area contributed by atoms with Gasteiger partial charge in [0.25, 0.3) is 11.8 Å². The molecule has 1 saturated heterocycles. The molecule has 1 heterocycles. The van der Waals surface area contributed by atoms with Gasteiger partial charge in [-0.05, 0) is 73.2 Å². The van der Waals surface area contributed by atoms with E-state index in [4.69, 9.17) is 9.47 Å². The molecule has 0 unspecified atom stereocenters. The summed E-state index contributed by atoms with van der Waals surface area (Å²) in [6.45, 7) is 5.47. The minimum absolute atomic E-state index is 0.0366. The molecule has 4 rings (SSSR count). The van der Waals surface area contributed by atoms with Gasteiger partial charge in [-0.1, -0.05) is 13.0 Å². The first kappa shape index (κ1) is 24.1. The van der Waals surface area contributed by atoms with Gasteiger partial charge in [0.1, 0.15) is 11.5 Å². The van der Waals surface area contributed by atoms with Crippen molar-refractivity contribution in [3.05, 3.63) is 83.9 Å². The minimum atomic E-state index is -0.176. The molecule has 0 radical (unpaired) electrons. The number of nitrogens with one attached hydrogen (secondary N) is 1. The Bertz CT molecular complexity index is 1140. The zero-order valence-electron chi connectivity index (χ0n) is 20.2. The van der Waals surface area contributed by atoms with Crippen LogP contribution in [-0.4, -0.2) is 56.6 Å². The van der Waals surface area contributed by atoms with Crippen LogP contribution < -0.4 is 19.7 Å². The Morgan fingerprint density at radius 2 is 1.57 bits per heavy atom. The van der Waals surface area contributed by atoms with Crippen LogP contribution in [0, 0.1) is 0 Å². The predicted octanol–water partition coefficient (Wildman–Crippen LogP) is 4.70. The second-order valence-electron chi connectivity index (χ2n) is 8.39. The Labute approximate surface area is 206 Å². The van der Waals surface area contributed by atoms with Crippen LogP contribution in [0.1, 0.15) is 34.1 Å². The SMILES string of the molecule is CCCOc1cccc(C(=O)Nc2ccc(N3CCN(C(=O)c4ccc(OC)cc4)CC3)cc2)c1. The molecule has 7 nitrogen and oxygen atoms in total. The van der Waals surface area contributed by atoms with Crippen LogP contribution in [0.5, 0.6) is 11.5 Å². The summed E-state index contributed by atoms with van der Waals surface area (Å²) in [6, 6.07) is 22.2. The van der Waals surface area contributed by atoms with E-state index in [1.807, 2.05) is 48.2 Å². The lowest BCUT2D eigenvalue weighted by molar-refractivity contribution is 0.0746. The van der Waals surface area contributed by atoms with E-state index in [0.717, 1.165) is 36.6 Å². The Hall–Kier alpha value is -4.00. The van der Waals surface area contributed by atoms with E-state index in [0.29, 0.717) is 36.6 Å². The number of hydrogen-bond donors (Lipinski definition) is 1. The molecular weight excluding hydrogens is 442 g/mol. The predicted molar refractivity (Wildman–Crippen MR) is 138 cm³/mol. The quantitative estimate of drug-likeness (QED) is 0.514. The lowest BCUT2D eigenvalue weighted by Gasteiger charge is -2.36. The van der Waals surface area contributed by atoms with Crippen molar-refractivity contribution in [1.29, 1.82) is 0 Å². The number of hydrogen-bond acceptors (Lipinski definition) is 5. The molecule has 3 aromatic rings. The fraction of sp³-hybridized carbons (Fsp3) is 0.286. The van der Waals surface area contributed by atoms with Crippen LogP contribution in [-0.2, 0) is 0 Å². The molecule has 0 aliphatic carbocycles. The van der Waals surface area contributed by atoms with E-state index in [1.165, 1.54) is 0 Å². The molecule has 1 aliphatic heterocycles. The van der Waals surface area contributed by atoms with Crippen LogP contribution in [0.15, 0.2) is 72.8 Å². The first-order valence-electron chi connectivity index (χ1n) is 11.9. The van der Waals surface area contributed by atoms with Gasteiger partial charge in [-0.15, -0.1) is 0 Å². The number of carbonyl (C=O) groups excluding carboxylic acids is 2. The van der Waals surface area contributed by atoms with Gasteiger partial charge in [0.15, 0.2) is 0 Å². The second kappa shape index (κ2) is 11.4. The van der Waals surface area contributed by atoms with Gasteiger partial charge in [-0.25, -0.2) is 0 Å². The van der Waals surface area contributed by atoms with E-state index >= 15 is 0 Å². The standard InChI is InChI=1S/C28H31N3O4/c1-3-19-35-26-6-4-5-22(20-26)27(32)29-23-9-11-24(12-10-23)30-15-17-31(18-16-30)28(33)21-7-13-25(34-2)14-8-21/h4-14,20H,3,15-19H2,1-2H3,(H,29,32). The summed E-state index contributed by atoms with van der Waals surface area (Å²) in [4.78, 5) is 29.6. The summed E-state index contributed by atoms with van der Waals surface area (Å²) in [6.07, 6.45) is 0.913. The fourth-order valence-corrected chi connectivity index (χ4v) is 3.99. The summed E-state index contributed by atoms with van der Waals surface area (Å²) in [7, 11) is 1.61. The third-order valence-corrected chi connectivity index (χ3v) is 5.96. The van der Waals surface area contributed by atoms with E-state index in [-0.39, 0.29) is 11.8 Å². The third kappa shape index (κ3) is 6.12. The molecule has 0 saturated carbocycles. The van der Waals surface area contributed by atoms with E-state index in [9.17, 15) is 9.59 Å². The Kier molecular flexibility index (Phi) is 7.88. The highest BCUT2D eigenvalue weighted by molar-refractivity contribution is 6.04. The largest absolute Gasteiger partial charge is 0.497 e. The van der Waals surface area contributed by atoms with Crippen LogP contribution in [0.3, 0.4) is 0 Å². The topological polar surface area (TPSA) is 71.1 Å². The maximum atomic E-state index is 12.8. The summed E-state index contributed by atoms with van der Waals surface area (Å²) in [5, 5.41) is 2.95. The highest BCUT2D eigenvalue weighted by atomic mass is 16.5. The molecule has 182 valence electrons. The number of amides is 2. The molecule has 1 N–H and O–H groups in total. The van der Waals surface area contributed by atoms with Gasteiger partial charge in [0, 0.05) is 48.7 Å². The monoisotopic (exact) mass is 473 g/mol. The van der Waals surface area contributed by atoms with Crippen LogP contribution in [0.4, 0.5) is 11.4 Å². The highest BCUT2D eigenvalue weighted by Crippen LogP contribution is 2.22. The Balaban J connectivity index is 1.30. The number of rotatable bonds is 8. The lowest BCUT2D eigenvalue weighted by atomic mass is 10.1. The first-order valence-corrected chi connectivity index (χ1v) is 11.9. The van der Waals surface area contributed by atoms with Gasteiger partial charge in [-0.2, -0.15) is 0 Å². The average molecular weight is 474 g/mol. The smallest absolute Gasteiger partial charge is 0.255 e. The van der Waals surface area contributed by atoms with E-state index in [1.54, 1.807) is 43.5 Å². The van der Waals surface area contributed by atoms with Crippen molar-refractivity contribution < 1.29 is 19.1 Å². The molecule has 3 aromatic carbocycles. The molecule has 0 spiro atoms. The zero-order chi connectivity index (χ0) is 24.6. The molecule has 0 atom stereocenters. The molecule has 0 bridgehead atoms. The molecular formula is C28H31N3O4. The minimum Gasteiger partial charge on any atom is -0.497 e. The van der Waals surface area contributed by atoms with Crippen molar-refractivity contribution in [3.8, 4) is 11.5 Å². The number of ether oxygens (including phenoxy) is 2. The lowest BCUT2D eigenvalue weighted by Crippen LogP contribution is -2.48. The molecule has 35 heavy (non-hydrogen) atoms. The zero-order valence-corrected chi connectivity index (χ0v) is 20.2. The second-order valence-corrected chi connectivity index (χ2v) is 8.39. The number of carbonyl (C=O) groups is 2. The third-order valence-electron chi connectivity index (χ3n) is 5.96. The van der Waals surface area contributed by atoms with Crippen LogP contribution in [0.2, 0.25) is 0 Å². The molecule has 7 heteroatoms.